The van der Waals surface area contributed by atoms with Crippen LogP contribution in [0.15, 0.2) is 11.6 Å². The van der Waals surface area contributed by atoms with E-state index in [2.05, 4.69) is 9.59 Å². The second kappa shape index (κ2) is 3.28. The smallest absolute Gasteiger partial charge is 0.147 e. The molecule has 0 radical (unpaired) electrons. The zero-order valence-corrected chi connectivity index (χ0v) is 4.73. The molecule has 0 spiro atoms. The number of rotatable bonds is 0. The minimum atomic E-state index is 0. The van der Waals surface area contributed by atoms with E-state index >= 15 is 0 Å². The summed E-state index contributed by atoms with van der Waals surface area (Å²) in [5, 5.41) is 5.31. The van der Waals surface area contributed by atoms with Crippen LogP contribution in [0, 0.1) is 0 Å². The molecule has 1 aromatic rings. The van der Waals surface area contributed by atoms with Crippen LogP contribution in [0.2, 0.25) is 0 Å². The maximum absolute atomic E-state index is 3.51. The van der Waals surface area contributed by atoms with Gasteiger partial charge in [-0.15, -0.1) is 5.10 Å². The predicted octanol–water partition coefficient (Wildman–Crippen LogP) is 0.536. The van der Waals surface area contributed by atoms with Crippen molar-refractivity contribution >= 4 is 11.5 Å². The fraction of sp³-hybridized carbons (Fsp3) is 0. The van der Waals surface area contributed by atoms with Gasteiger partial charge in [-0.3, -0.25) is 0 Å². The monoisotopic (exact) mass is 142 g/mol. The summed E-state index contributed by atoms with van der Waals surface area (Å²) in [7, 11) is 0. The summed E-state index contributed by atoms with van der Waals surface area (Å²) in [6, 6.07) is 0. The summed E-state index contributed by atoms with van der Waals surface area (Å²) in [4.78, 5) is 0. The van der Waals surface area contributed by atoms with Crippen molar-refractivity contribution in [3.63, 3.8) is 0 Å². The first kappa shape index (κ1) is 6.08. The molecule has 0 amide bonds. The quantitative estimate of drug-likeness (QED) is 0.494. The van der Waals surface area contributed by atoms with Crippen LogP contribution < -0.4 is 0 Å². The number of aromatic nitrogens is 2. The second-order valence-corrected chi connectivity index (χ2v) is 1.23. The minimum Gasteiger partial charge on any atom is -0.147 e. The van der Waals surface area contributed by atoms with Gasteiger partial charge in [-0.05, 0) is 11.5 Å². The van der Waals surface area contributed by atoms with Gasteiger partial charge in [0.1, 0.15) is 0 Å². The Morgan fingerprint density at radius 3 is 2.50 bits per heavy atom. The van der Waals surface area contributed by atoms with E-state index < -0.39 is 0 Å². The molecule has 0 unspecified atom stereocenters. The molecule has 0 aliphatic rings. The molecule has 0 N–H and O–H groups in total. The van der Waals surface area contributed by atoms with E-state index in [1.807, 2.05) is 5.38 Å². The van der Waals surface area contributed by atoms with Crippen LogP contribution in [-0.4, -0.2) is 9.59 Å². The van der Waals surface area contributed by atoms with E-state index in [0.29, 0.717) is 0 Å². The van der Waals surface area contributed by atoms with E-state index in [1.165, 1.54) is 11.5 Å². The molecular weight excluding hydrogens is 140 g/mol. The Kier molecular flexibility index (Phi) is 3.32. The van der Waals surface area contributed by atoms with Gasteiger partial charge in [0.2, 0.25) is 0 Å². The molecule has 0 atom stereocenters. The fourth-order valence-electron chi connectivity index (χ4n) is 0.136. The van der Waals surface area contributed by atoms with E-state index in [0.717, 1.165) is 0 Å². The molecule has 32 valence electrons. The normalized spacial score (nSPS) is 6.67. The van der Waals surface area contributed by atoms with Crippen molar-refractivity contribution in [3.05, 3.63) is 11.6 Å². The van der Waals surface area contributed by atoms with Crippen LogP contribution in [0.1, 0.15) is 0 Å². The predicted molar refractivity (Wildman–Crippen MR) is 19.9 cm³/mol. The second-order valence-electron chi connectivity index (χ2n) is 0.588. The van der Waals surface area contributed by atoms with Gasteiger partial charge in [0.05, 0.1) is 6.20 Å². The third kappa shape index (κ3) is 1.50. The summed E-state index contributed by atoms with van der Waals surface area (Å²) in [6.07, 6.45) is 1.66. The number of hydrogen-bond acceptors (Lipinski definition) is 3. The average Bonchev–Trinajstić information content (AvgIpc) is 1.76. The van der Waals surface area contributed by atoms with Crippen LogP contribution in [0.3, 0.4) is 0 Å². The van der Waals surface area contributed by atoms with Gasteiger partial charge in [-0.2, -0.15) is 0 Å². The number of hydrogen-bond donors (Lipinski definition) is 0. The van der Waals surface area contributed by atoms with Crippen molar-refractivity contribution in [2.45, 2.75) is 0 Å². The largest absolute Gasteiger partial charge is 2.00 e. The molecule has 0 fully saturated rings. The molecule has 0 saturated carbocycles. The number of nitrogens with zero attached hydrogens (tertiary/aromatic N) is 2. The van der Waals surface area contributed by atoms with E-state index in [4.69, 9.17) is 0 Å². The van der Waals surface area contributed by atoms with Crippen molar-refractivity contribution in [3.8, 4) is 0 Å². The van der Waals surface area contributed by atoms with Crippen molar-refractivity contribution in [2.24, 2.45) is 0 Å². The van der Waals surface area contributed by atoms with Gasteiger partial charge in [0, 0.05) is 5.38 Å². The molecule has 4 heteroatoms. The van der Waals surface area contributed by atoms with Crippen LogP contribution >= 0.6 is 11.5 Å². The zero-order valence-electron chi connectivity index (χ0n) is 2.81. The Morgan fingerprint density at radius 2 is 2.33 bits per heavy atom. The molecule has 1 heterocycles. The first-order chi connectivity index (χ1) is 2.50. The van der Waals surface area contributed by atoms with Crippen molar-refractivity contribution < 1.29 is 17.1 Å². The van der Waals surface area contributed by atoms with E-state index in [9.17, 15) is 0 Å². The molecule has 6 heavy (non-hydrogen) atoms. The minimum absolute atomic E-state index is 0. The first-order valence-corrected chi connectivity index (χ1v) is 2.05. The zero-order chi connectivity index (χ0) is 3.54. The van der Waals surface area contributed by atoms with Gasteiger partial charge >= 0.3 is 17.1 Å². The molecular formula is C2H2FeN2S+2. The summed E-state index contributed by atoms with van der Waals surface area (Å²) in [6.45, 7) is 0. The Balaban J connectivity index is 0.000000250. The van der Waals surface area contributed by atoms with Crippen molar-refractivity contribution in [1.29, 1.82) is 0 Å². The molecule has 2 nitrogen and oxygen atoms in total. The van der Waals surface area contributed by atoms with Gasteiger partial charge < -0.3 is 0 Å². The molecule has 1 aromatic heterocycles. The van der Waals surface area contributed by atoms with Crippen molar-refractivity contribution in [1.82, 2.24) is 9.59 Å². The topological polar surface area (TPSA) is 25.8 Å². The molecule has 0 aliphatic carbocycles. The Labute approximate surface area is 50.2 Å². The molecule has 1 rings (SSSR count). The van der Waals surface area contributed by atoms with E-state index in [1.54, 1.807) is 6.20 Å². The molecule has 0 saturated heterocycles. The van der Waals surface area contributed by atoms with Crippen LogP contribution in [-0.2, 0) is 17.1 Å². The summed E-state index contributed by atoms with van der Waals surface area (Å²) >= 11 is 1.35. The van der Waals surface area contributed by atoms with E-state index in [-0.39, 0.29) is 17.1 Å². The summed E-state index contributed by atoms with van der Waals surface area (Å²) in [5.41, 5.74) is 0. The Bertz CT molecular complexity index is 68.0. The molecule has 0 aromatic carbocycles. The maximum atomic E-state index is 3.51. The van der Waals surface area contributed by atoms with Gasteiger partial charge in [0.25, 0.3) is 0 Å². The standard InChI is InChI=1S/C2H2N2S.Fe/c1-2-5-4-3-1;/h1-2H;/q;+2. The molecule has 0 aliphatic heterocycles. The van der Waals surface area contributed by atoms with Gasteiger partial charge in [-0.25, -0.2) is 0 Å². The SMILES string of the molecule is [Fe+2].c1csnn1. The van der Waals surface area contributed by atoms with Crippen molar-refractivity contribution in [2.75, 3.05) is 0 Å². The van der Waals surface area contributed by atoms with Gasteiger partial charge in [0.15, 0.2) is 0 Å². The average molecular weight is 142 g/mol. The molecule has 0 bridgehead atoms. The fourth-order valence-corrected chi connectivity index (χ4v) is 0.408. The van der Waals surface area contributed by atoms with Crippen LogP contribution in [0.4, 0.5) is 0 Å². The summed E-state index contributed by atoms with van der Waals surface area (Å²) < 4.78 is 3.51. The Morgan fingerprint density at radius 1 is 1.50 bits per heavy atom. The summed E-state index contributed by atoms with van der Waals surface area (Å²) in [5.74, 6) is 0. The third-order valence-corrected chi connectivity index (χ3v) is 0.715. The van der Waals surface area contributed by atoms with Crippen LogP contribution in [0.5, 0.6) is 0 Å². The van der Waals surface area contributed by atoms with Crippen LogP contribution in [0.25, 0.3) is 0 Å². The Hall–Kier alpha value is 0.0795. The maximum Gasteiger partial charge on any atom is 2.00 e. The first-order valence-electron chi connectivity index (χ1n) is 1.21. The third-order valence-electron chi connectivity index (χ3n) is 0.283. The van der Waals surface area contributed by atoms with Gasteiger partial charge in [-0.1, -0.05) is 4.49 Å².